The standard InChI is InChI=1S/C25H21ClN4O2S/c1-16-2-11-21-22(14-16)33-24(28-21)17-3-7-19(8-4-17)27-23(31)15-29-12-13-30(25(29)32)20-9-5-18(26)6-10-20/h2-11,14H,12-13,15H2,1H3,(H,27,31). The number of aromatic nitrogens is 1. The molecule has 2 heterocycles. The smallest absolute Gasteiger partial charge is 0.325 e. The molecule has 0 aliphatic carbocycles. The Morgan fingerprint density at radius 1 is 1.06 bits per heavy atom. The number of nitrogens with one attached hydrogen (secondary N) is 1. The van der Waals surface area contributed by atoms with Crippen LogP contribution < -0.4 is 10.2 Å². The fourth-order valence-corrected chi connectivity index (χ4v) is 5.01. The van der Waals surface area contributed by atoms with Gasteiger partial charge in [-0.05, 0) is 73.2 Å². The Kier molecular flexibility index (Phi) is 5.74. The molecule has 33 heavy (non-hydrogen) atoms. The molecular weight excluding hydrogens is 456 g/mol. The van der Waals surface area contributed by atoms with Crippen LogP contribution in [0.5, 0.6) is 0 Å². The van der Waals surface area contributed by atoms with Gasteiger partial charge >= 0.3 is 6.03 Å². The maximum absolute atomic E-state index is 12.7. The SMILES string of the molecule is Cc1ccc2nc(-c3ccc(NC(=O)CN4CCN(c5ccc(Cl)cc5)C4=O)cc3)sc2c1. The van der Waals surface area contributed by atoms with E-state index in [2.05, 4.69) is 24.4 Å². The van der Waals surface area contributed by atoms with Gasteiger partial charge in [0.25, 0.3) is 0 Å². The summed E-state index contributed by atoms with van der Waals surface area (Å²) in [5.74, 6) is -0.232. The molecule has 0 spiro atoms. The van der Waals surface area contributed by atoms with Crippen molar-refractivity contribution in [2.45, 2.75) is 6.92 Å². The van der Waals surface area contributed by atoms with Crippen molar-refractivity contribution in [3.63, 3.8) is 0 Å². The molecule has 8 heteroatoms. The summed E-state index contributed by atoms with van der Waals surface area (Å²) in [6, 6.07) is 20.8. The molecule has 0 unspecified atom stereocenters. The van der Waals surface area contributed by atoms with Crippen LogP contribution in [0.4, 0.5) is 16.2 Å². The summed E-state index contributed by atoms with van der Waals surface area (Å²) in [5.41, 5.74) is 4.65. The third-order valence-electron chi connectivity index (χ3n) is 5.53. The molecule has 166 valence electrons. The molecule has 4 aromatic rings. The van der Waals surface area contributed by atoms with Crippen LogP contribution in [0.25, 0.3) is 20.8 Å². The first kappa shape index (κ1) is 21.4. The van der Waals surface area contributed by atoms with Crippen LogP contribution in [-0.2, 0) is 4.79 Å². The number of anilines is 2. The van der Waals surface area contributed by atoms with E-state index in [1.165, 1.54) is 5.56 Å². The number of aryl methyl sites for hydroxylation is 1. The zero-order valence-corrected chi connectivity index (χ0v) is 19.5. The van der Waals surface area contributed by atoms with Gasteiger partial charge in [-0.3, -0.25) is 9.69 Å². The Morgan fingerprint density at radius 3 is 2.58 bits per heavy atom. The molecule has 1 aliphatic heterocycles. The van der Waals surface area contributed by atoms with E-state index in [9.17, 15) is 9.59 Å². The Hall–Kier alpha value is -3.42. The number of benzene rings is 3. The first-order valence-electron chi connectivity index (χ1n) is 10.6. The number of hydrogen-bond donors (Lipinski definition) is 1. The molecule has 1 aromatic heterocycles. The molecule has 1 aliphatic rings. The number of urea groups is 1. The van der Waals surface area contributed by atoms with Crippen LogP contribution in [0.1, 0.15) is 5.56 Å². The van der Waals surface area contributed by atoms with Gasteiger partial charge in [0, 0.05) is 35.1 Å². The van der Waals surface area contributed by atoms with Gasteiger partial charge in [0.1, 0.15) is 11.6 Å². The lowest BCUT2D eigenvalue weighted by Gasteiger charge is -2.18. The van der Waals surface area contributed by atoms with E-state index in [4.69, 9.17) is 16.6 Å². The van der Waals surface area contributed by atoms with Gasteiger partial charge in [-0.1, -0.05) is 17.7 Å². The van der Waals surface area contributed by atoms with Crippen LogP contribution in [-0.4, -0.2) is 41.5 Å². The lowest BCUT2D eigenvalue weighted by molar-refractivity contribution is -0.116. The second-order valence-electron chi connectivity index (χ2n) is 7.95. The predicted molar refractivity (Wildman–Crippen MR) is 134 cm³/mol. The van der Waals surface area contributed by atoms with Gasteiger partial charge in [-0.15, -0.1) is 11.3 Å². The number of rotatable bonds is 5. The fourth-order valence-electron chi connectivity index (χ4n) is 3.82. The maximum atomic E-state index is 12.7. The predicted octanol–water partition coefficient (Wildman–Crippen LogP) is 5.81. The van der Waals surface area contributed by atoms with Crippen molar-refractivity contribution in [3.8, 4) is 10.6 Å². The molecule has 1 saturated heterocycles. The van der Waals surface area contributed by atoms with Crippen molar-refractivity contribution < 1.29 is 9.59 Å². The summed E-state index contributed by atoms with van der Waals surface area (Å²) in [5, 5.41) is 4.44. The zero-order valence-electron chi connectivity index (χ0n) is 17.9. The van der Waals surface area contributed by atoms with E-state index in [0.717, 1.165) is 26.5 Å². The highest BCUT2D eigenvalue weighted by molar-refractivity contribution is 7.21. The van der Waals surface area contributed by atoms with Crippen LogP contribution in [0.3, 0.4) is 0 Å². The highest BCUT2D eigenvalue weighted by atomic mass is 35.5. The van der Waals surface area contributed by atoms with Gasteiger partial charge < -0.3 is 10.2 Å². The normalized spacial score (nSPS) is 13.7. The van der Waals surface area contributed by atoms with Crippen molar-refractivity contribution in [1.29, 1.82) is 0 Å². The molecule has 0 saturated carbocycles. The molecule has 0 bridgehead atoms. The molecule has 3 aromatic carbocycles. The number of thiazole rings is 1. The second-order valence-corrected chi connectivity index (χ2v) is 9.41. The Balaban J connectivity index is 1.21. The van der Waals surface area contributed by atoms with Crippen molar-refractivity contribution >= 4 is 56.5 Å². The maximum Gasteiger partial charge on any atom is 0.325 e. The molecule has 0 radical (unpaired) electrons. The summed E-state index contributed by atoms with van der Waals surface area (Å²) in [6.07, 6.45) is 0. The Labute approximate surface area is 200 Å². The number of amides is 3. The molecule has 3 amide bonds. The quantitative estimate of drug-likeness (QED) is 0.395. The molecular formula is C25H21ClN4O2S. The van der Waals surface area contributed by atoms with E-state index in [-0.39, 0.29) is 18.5 Å². The van der Waals surface area contributed by atoms with E-state index in [1.807, 2.05) is 30.3 Å². The second kappa shape index (κ2) is 8.84. The van der Waals surface area contributed by atoms with E-state index >= 15 is 0 Å². The molecule has 6 nitrogen and oxygen atoms in total. The van der Waals surface area contributed by atoms with E-state index in [1.54, 1.807) is 45.4 Å². The molecule has 0 atom stereocenters. The minimum Gasteiger partial charge on any atom is -0.325 e. The summed E-state index contributed by atoms with van der Waals surface area (Å²) in [7, 11) is 0. The van der Waals surface area contributed by atoms with Crippen LogP contribution in [0.2, 0.25) is 5.02 Å². The number of hydrogen-bond acceptors (Lipinski definition) is 4. The summed E-state index contributed by atoms with van der Waals surface area (Å²) in [6.45, 7) is 3.10. The summed E-state index contributed by atoms with van der Waals surface area (Å²) in [4.78, 5) is 33.2. The average Bonchev–Trinajstić information content (AvgIpc) is 3.38. The van der Waals surface area contributed by atoms with Crippen molar-refractivity contribution in [2.24, 2.45) is 0 Å². The van der Waals surface area contributed by atoms with Crippen molar-refractivity contribution in [3.05, 3.63) is 77.3 Å². The number of fused-ring (bicyclic) bond motifs is 1. The van der Waals surface area contributed by atoms with Crippen LogP contribution in [0, 0.1) is 6.92 Å². The molecule has 1 fully saturated rings. The average molecular weight is 477 g/mol. The Bertz CT molecular complexity index is 1340. The number of carbonyl (C=O) groups is 2. The van der Waals surface area contributed by atoms with E-state index in [0.29, 0.717) is 23.8 Å². The monoisotopic (exact) mass is 476 g/mol. The van der Waals surface area contributed by atoms with Gasteiger partial charge in [0.2, 0.25) is 5.91 Å². The van der Waals surface area contributed by atoms with Crippen molar-refractivity contribution in [1.82, 2.24) is 9.88 Å². The summed E-state index contributed by atoms with van der Waals surface area (Å²) < 4.78 is 1.16. The minimum absolute atomic E-state index is 0.00188. The highest BCUT2D eigenvalue weighted by Gasteiger charge is 2.30. The lowest BCUT2D eigenvalue weighted by atomic mass is 10.2. The van der Waals surface area contributed by atoms with Crippen molar-refractivity contribution in [2.75, 3.05) is 29.9 Å². The number of carbonyl (C=O) groups excluding carboxylic acids is 2. The number of halogens is 1. The fraction of sp³-hybridized carbons (Fsp3) is 0.160. The Morgan fingerprint density at radius 2 is 1.82 bits per heavy atom. The molecule has 1 N–H and O–H groups in total. The van der Waals surface area contributed by atoms with E-state index < -0.39 is 0 Å². The lowest BCUT2D eigenvalue weighted by Crippen LogP contribution is -2.37. The van der Waals surface area contributed by atoms with Crippen LogP contribution in [0.15, 0.2) is 66.7 Å². The first-order chi connectivity index (χ1) is 16.0. The zero-order chi connectivity index (χ0) is 22.9. The minimum atomic E-state index is -0.232. The van der Waals surface area contributed by atoms with Gasteiger partial charge in [-0.2, -0.15) is 0 Å². The number of nitrogens with zero attached hydrogens (tertiary/aromatic N) is 3. The third-order valence-corrected chi connectivity index (χ3v) is 6.85. The largest absolute Gasteiger partial charge is 0.325 e. The molecule has 5 rings (SSSR count). The highest BCUT2D eigenvalue weighted by Crippen LogP contribution is 2.31. The third kappa shape index (κ3) is 4.55. The first-order valence-corrected chi connectivity index (χ1v) is 11.8. The topological polar surface area (TPSA) is 65.5 Å². The van der Waals surface area contributed by atoms with Crippen LogP contribution >= 0.6 is 22.9 Å². The summed E-state index contributed by atoms with van der Waals surface area (Å²) >= 11 is 7.58. The van der Waals surface area contributed by atoms with Gasteiger partial charge in [-0.25, -0.2) is 9.78 Å². The van der Waals surface area contributed by atoms with Gasteiger partial charge in [0.15, 0.2) is 0 Å². The van der Waals surface area contributed by atoms with Gasteiger partial charge in [0.05, 0.1) is 10.2 Å².